The van der Waals surface area contributed by atoms with Gasteiger partial charge in [0.05, 0.1) is 6.10 Å². The van der Waals surface area contributed by atoms with Crippen molar-refractivity contribution >= 4 is 5.97 Å². The third-order valence-corrected chi connectivity index (χ3v) is 6.29. The van der Waals surface area contributed by atoms with Crippen molar-refractivity contribution in [3.05, 3.63) is 12.2 Å². The lowest BCUT2D eigenvalue weighted by Gasteiger charge is -2.40. The molecule has 118 valence electrons. The number of hydrogen-bond donors (Lipinski definition) is 1. The molecule has 3 rings (SSSR count). The lowest BCUT2D eigenvalue weighted by atomic mass is 9.67. The number of fused-ring (bicyclic) bond motifs is 1. The third-order valence-electron chi connectivity index (χ3n) is 6.29. The van der Waals surface area contributed by atoms with Crippen LogP contribution in [-0.2, 0) is 9.53 Å². The van der Waals surface area contributed by atoms with Gasteiger partial charge in [0.15, 0.2) is 0 Å². The van der Waals surface area contributed by atoms with Crippen LogP contribution in [0.4, 0.5) is 0 Å². The summed E-state index contributed by atoms with van der Waals surface area (Å²) >= 11 is 0. The predicted octanol–water partition coefficient (Wildman–Crippen LogP) is 3.32. The normalized spacial score (nSPS) is 44.5. The smallest absolute Gasteiger partial charge is 0.333 e. The van der Waals surface area contributed by atoms with Gasteiger partial charge in [0, 0.05) is 12.0 Å². The molecule has 0 bridgehead atoms. The van der Waals surface area contributed by atoms with Crippen LogP contribution < -0.4 is 0 Å². The molecule has 3 heteroatoms. The van der Waals surface area contributed by atoms with Crippen LogP contribution in [0.2, 0.25) is 0 Å². The van der Waals surface area contributed by atoms with E-state index >= 15 is 0 Å². The van der Waals surface area contributed by atoms with E-state index in [2.05, 4.69) is 20.4 Å². The summed E-state index contributed by atoms with van der Waals surface area (Å²) in [5.41, 5.74) is 0.623. The molecule has 0 aromatic carbocycles. The minimum Gasteiger partial charge on any atom is -0.459 e. The van der Waals surface area contributed by atoms with Crippen molar-refractivity contribution < 1.29 is 14.6 Å². The third kappa shape index (κ3) is 2.77. The van der Waals surface area contributed by atoms with Crippen molar-refractivity contribution in [2.45, 2.75) is 64.6 Å². The summed E-state index contributed by atoms with van der Waals surface area (Å²) in [5.74, 6) is 2.89. The summed E-state index contributed by atoms with van der Waals surface area (Å²) in [5, 5.41) is 10.3. The quantitative estimate of drug-likeness (QED) is 0.641. The molecule has 2 aliphatic carbocycles. The fourth-order valence-corrected chi connectivity index (χ4v) is 5.24. The summed E-state index contributed by atoms with van der Waals surface area (Å²) in [6.07, 6.45) is 6.10. The number of cyclic esters (lactones) is 1. The molecule has 0 spiro atoms. The molecule has 1 heterocycles. The zero-order chi connectivity index (χ0) is 15.1. The van der Waals surface area contributed by atoms with Gasteiger partial charge in [-0.25, -0.2) is 4.79 Å². The standard InChI is InChI=1S/C18H28O3/c1-10-4-7-16(19)15-6-5-14(17(10)15)11(2)8-13-9-12(3)18(20)21-13/h10-11,13-17,19H,3-9H2,1-2H3/t10-,11-,13+,14-,15?,16?,17?/m1/s1. The van der Waals surface area contributed by atoms with E-state index in [1.165, 1.54) is 12.8 Å². The summed E-state index contributed by atoms with van der Waals surface area (Å²) < 4.78 is 5.40. The van der Waals surface area contributed by atoms with Gasteiger partial charge in [-0.3, -0.25) is 0 Å². The SMILES string of the molecule is C=C1C[C@H](C[C@@H](C)[C@H]2CCC3C(O)CC[C@@H](C)C32)OC1=O. The zero-order valence-electron chi connectivity index (χ0n) is 13.3. The Hall–Kier alpha value is -0.830. The van der Waals surface area contributed by atoms with Gasteiger partial charge in [-0.2, -0.15) is 0 Å². The highest BCUT2D eigenvalue weighted by molar-refractivity contribution is 5.89. The van der Waals surface area contributed by atoms with E-state index in [0.717, 1.165) is 25.2 Å². The first kappa shape index (κ1) is 15.1. The van der Waals surface area contributed by atoms with Gasteiger partial charge in [-0.1, -0.05) is 20.4 Å². The monoisotopic (exact) mass is 292 g/mol. The molecule has 1 saturated heterocycles. The highest BCUT2D eigenvalue weighted by Crippen LogP contribution is 2.52. The van der Waals surface area contributed by atoms with E-state index in [9.17, 15) is 9.90 Å². The Morgan fingerprint density at radius 3 is 2.76 bits per heavy atom. The molecule has 1 N–H and O–H groups in total. The first-order chi connectivity index (χ1) is 9.97. The summed E-state index contributed by atoms with van der Waals surface area (Å²) in [6.45, 7) is 8.42. The molecular weight excluding hydrogens is 264 g/mol. The first-order valence-electron chi connectivity index (χ1n) is 8.54. The van der Waals surface area contributed by atoms with Crippen molar-refractivity contribution in [3.8, 4) is 0 Å². The van der Waals surface area contributed by atoms with Gasteiger partial charge < -0.3 is 9.84 Å². The Morgan fingerprint density at radius 1 is 1.33 bits per heavy atom. The summed E-state index contributed by atoms with van der Waals surface area (Å²) in [7, 11) is 0. The van der Waals surface area contributed by atoms with Crippen molar-refractivity contribution in [2.75, 3.05) is 0 Å². The molecule has 3 nitrogen and oxygen atoms in total. The fraction of sp³-hybridized carbons (Fsp3) is 0.833. The number of esters is 1. The van der Waals surface area contributed by atoms with Crippen LogP contribution >= 0.6 is 0 Å². The molecule has 3 unspecified atom stereocenters. The van der Waals surface area contributed by atoms with Crippen LogP contribution in [0.3, 0.4) is 0 Å². The molecule has 3 aliphatic rings. The molecule has 0 aromatic rings. The molecule has 3 fully saturated rings. The van der Waals surface area contributed by atoms with E-state index < -0.39 is 0 Å². The minimum atomic E-state index is -0.210. The van der Waals surface area contributed by atoms with E-state index in [-0.39, 0.29) is 18.2 Å². The van der Waals surface area contributed by atoms with Gasteiger partial charge >= 0.3 is 5.97 Å². The highest BCUT2D eigenvalue weighted by atomic mass is 16.5. The topological polar surface area (TPSA) is 46.5 Å². The molecule has 2 saturated carbocycles. The van der Waals surface area contributed by atoms with Crippen molar-refractivity contribution in [1.82, 2.24) is 0 Å². The van der Waals surface area contributed by atoms with Gasteiger partial charge in [-0.05, 0) is 61.7 Å². The maximum atomic E-state index is 11.5. The lowest BCUT2D eigenvalue weighted by molar-refractivity contribution is -0.139. The van der Waals surface area contributed by atoms with Crippen molar-refractivity contribution in [2.24, 2.45) is 29.6 Å². The summed E-state index contributed by atoms with van der Waals surface area (Å²) in [6, 6.07) is 0. The number of aliphatic hydroxyl groups is 1. The average Bonchev–Trinajstić information content (AvgIpc) is 3.00. The predicted molar refractivity (Wildman–Crippen MR) is 81.5 cm³/mol. The Labute approximate surface area is 127 Å². The average molecular weight is 292 g/mol. The van der Waals surface area contributed by atoms with Gasteiger partial charge in [0.1, 0.15) is 6.10 Å². The second-order valence-corrected chi connectivity index (χ2v) is 7.65. The first-order valence-corrected chi connectivity index (χ1v) is 8.54. The van der Waals surface area contributed by atoms with Crippen LogP contribution in [0.25, 0.3) is 0 Å². The van der Waals surface area contributed by atoms with Crippen molar-refractivity contribution in [3.63, 3.8) is 0 Å². The van der Waals surface area contributed by atoms with Crippen LogP contribution in [0.5, 0.6) is 0 Å². The van der Waals surface area contributed by atoms with Gasteiger partial charge in [0.2, 0.25) is 0 Å². The second-order valence-electron chi connectivity index (χ2n) is 7.65. The molecule has 0 amide bonds. The van der Waals surface area contributed by atoms with Crippen LogP contribution in [0.1, 0.15) is 52.4 Å². The maximum absolute atomic E-state index is 11.5. The number of rotatable bonds is 3. The second kappa shape index (κ2) is 5.75. The molecule has 1 aliphatic heterocycles. The van der Waals surface area contributed by atoms with Crippen LogP contribution in [-0.4, -0.2) is 23.3 Å². The fourth-order valence-electron chi connectivity index (χ4n) is 5.24. The number of carbonyl (C=O) groups excluding carboxylic acids is 1. The van der Waals surface area contributed by atoms with E-state index in [1.807, 2.05) is 0 Å². The maximum Gasteiger partial charge on any atom is 0.333 e. The highest BCUT2D eigenvalue weighted by Gasteiger charge is 2.47. The lowest BCUT2D eigenvalue weighted by Crippen LogP contribution is -2.38. The Kier molecular flexibility index (Phi) is 4.13. The zero-order valence-corrected chi connectivity index (χ0v) is 13.3. The van der Waals surface area contributed by atoms with Crippen LogP contribution in [0.15, 0.2) is 12.2 Å². The van der Waals surface area contributed by atoms with Gasteiger partial charge in [-0.15, -0.1) is 0 Å². The number of carbonyl (C=O) groups is 1. The summed E-state index contributed by atoms with van der Waals surface area (Å²) in [4.78, 5) is 11.5. The molecular formula is C18H28O3. The van der Waals surface area contributed by atoms with E-state index in [1.54, 1.807) is 0 Å². The number of hydrogen-bond acceptors (Lipinski definition) is 3. The minimum absolute atomic E-state index is 0.0304. The number of ether oxygens (including phenoxy) is 1. The molecule has 7 atom stereocenters. The van der Waals surface area contributed by atoms with E-state index in [4.69, 9.17) is 4.74 Å². The molecule has 0 radical (unpaired) electrons. The van der Waals surface area contributed by atoms with Crippen LogP contribution in [0, 0.1) is 29.6 Å². The number of aliphatic hydroxyl groups excluding tert-OH is 1. The van der Waals surface area contributed by atoms with E-state index in [0.29, 0.717) is 35.7 Å². The Bertz CT molecular complexity index is 414. The molecule has 21 heavy (non-hydrogen) atoms. The molecule has 0 aromatic heterocycles. The van der Waals surface area contributed by atoms with Gasteiger partial charge in [0.25, 0.3) is 0 Å². The largest absolute Gasteiger partial charge is 0.459 e. The van der Waals surface area contributed by atoms with Crippen molar-refractivity contribution in [1.29, 1.82) is 0 Å². The Morgan fingerprint density at radius 2 is 2.10 bits per heavy atom. The Balaban J connectivity index is 1.63.